The van der Waals surface area contributed by atoms with E-state index in [2.05, 4.69) is 19.9 Å². The fourth-order valence-corrected chi connectivity index (χ4v) is 6.32. The summed E-state index contributed by atoms with van der Waals surface area (Å²) >= 11 is -2.86. The van der Waals surface area contributed by atoms with Gasteiger partial charge in [0.25, 0.3) is 0 Å². The van der Waals surface area contributed by atoms with Crippen molar-refractivity contribution < 1.29 is 47.6 Å². The Morgan fingerprint density at radius 2 is 0.696 bits per heavy atom. The average Bonchev–Trinajstić information content (AvgIpc) is 3.09. The fourth-order valence-electron chi connectivity index (χ4n) is 4.99. The molecule has 0 saturated heterocycles. The average molecular weight is 843 g/mol. The molecule has 46 heavy (non-hydrogen) atoms. The number of hydrogen-bond donors (Lipinski definition) is 1. The van der Waals surface area contributed by atoms with Crippen molar-refractivity contribution in [3.8, 4) is 23.0 Å². The van der Waals surface area contributed by atoms with E-state index in [1.54, 1.807) is 36.9 Å². The predicted molar refractivity (Wildman–Crippen MR) is 176 cm³/mol. The number of hydrogen-bond acceptors (Lipinski definition) is 8. The zero-order chi connectivity index (χ0) is 30.4. The minimum Gasteiger partial charge on any atom is -0.576 e. The monoisotopic (exact) mass is 842 g/mol. The van der Waals surface area contributed by atoms with E-state index in [4.69, 9.17) is 11.4 Å². The molecule has 0 aliphatic carbocycles. The van der Waals surface area contributed by atoms with Gasteiger partial charge in [-0.1, -0.05) is 72.8 Å². The number of fused-ring (bicyclic) bond motifs is 4. The second-order valence-corrected chi connectivity index (χ2v) is 11.3. The van der Waals surface area contributed by atoms with Gasteiger partial charge >= 0.3 is 15.1 Å². The normalized spacial score (nSPS) is 10.5. The first-order chi connectivity index (χ1) is 22.2. The van der Waals surface area contributed by atoms with Crippen LogP contribution in [-0.4, -0.2) is 40.2 Å². The molecule has 0 aliphatic rings. The maximum absolute atomic E-state index is 9.31. The number of aromatic nitrogens is 4. The van der Waals surface area contributed by atoms with Gasteiger partial charge < -0.3 is 16.5 Å². The van der Waals surface area contributed by atoms with Crippen molar-refractivity contribution in [3.05, 3.63) is 146 Å². The first kappa shape index (κ1) is 31.3. The van der Waals surface area contributed by atoms with E-state index < -0.39 is 15.1 Å². The molecule has 8 rings (SSSR count). The fraction of sp³-hybridized carbons (Fsp3) is 0. The van der Waals surface area contributed by atoms with Crippen molar-refractivity contribution in [2.24, 2.45) is 0 Å². The molecule has 0 amide bonds. The number of phenolic OH excluding ortho intramolecular Hbond substituents is 1. The van der Waals surface area contributed by atoms with Crippen LogP contribution in [0.5, 0.6) is 23.0 Å². The Kier molecular flexibility index (Phi) is 9.93. The van der Waals surface area contributed by atoms with Crippen molar-refractivity contribution in [2.45, 2.75) is 0 Å². The van der Waals surface area contributed by atoms with Crippen LogP contribution in [0.2, 0.25) is 0 Å². The molecule has 220 valence electrons. The van der Waals surface area contributed by atoms with Crippen LogP contribution in [0.15, 0.2) is 146 Å². The summed E-state index contributed by atoms with van der Waals surface area (Å²) in [6.45, 7) is 0. The Balaban J connectivity index is 0.000000262. The van der Waals surface area contributed by atoms with Crippen LogP contribution >= 0.6 is 0 Å². The summed E-state index contributed by atoms with van der Waals surface area (Å²) < 4.78 is 19.2. The molecule has 0 radical (unpaired) electrons. The molecule has 1 N–H and O–H groups in total. The van der Waals surface area contributed by atoms with Gasteiger partial charge in [0.2, 0.25) is 0 Å². The van der Waals surface area contributed by atoms with Crippen molar-refractivity contribution in [1.29, 1.82) is 0 Å². The Morgan fingerprint density at radius 3 is 1.07 bits per heavy atom. The van der Waals surface area contributed by atoms with E-state index in [0.29, 0.717) is 22.8 Å². The molecule has 10 heteroatoms. The Bertz CT molecular complexity index is 2060. The van der Waals surface area contributed by atoms with Crippen molar-refractivity contribution in [2.75, 3.05) is 0 Å². The van der Waals surface area contributed by atoms with E-state index >= 15 is 0 Å². The van der Waals surface area contributed by atoms with Gasteiger partial charge in [0.1, 0.15) is 45.1 Å². The second kappa shape index (κ2) is 14.6. The van der Waals surface area contributed by atoms with Gasteiger partial charge in [-0.05, 0) is 48.5 Å². The maximum atomic E-state index is 9.31. The van der Waals surface area contributed by atoms with Crippen LogP contribution in [0.25, 0.3) is 43.6 Å². The van der Waals surface area contributed by atoms with Gasteiger partial charge in [0.15, 0.2) is 0 Å². The van der Waals surface area contributed by atoms with Gasteiger partial charge in [-0.2, -0.15) is 0 Å². The largest absolute Gasteiger partial charge is 1.20 e. The van der Waals surface area contributed by atoms with Crippen LogP contribution in [-0.2, 0) is 0 Å². The summed E-state index contributed by atoms with van der Waals surface area (Å²) in [6.07, 6.45) is 6.91. The summed E-state index contributed by atoms with van der Waals surface area (Å²) in [5.74, 6) is 2.06. The predicted octanol–water partition coefficient (Wildman–Crippen LogP) is 7.79. The van der Waals surface area contributed by atoms with Crippen LogP contribution in [0.4, 0.5) is 0 Å². The molecule has 8 nitrogen and oxygen atoms in total. The Hall–Kier alpha value is -4.70. The molecule has 0 bridgehead atoms. The van der Waals surface area contributed by atoms with E-state index in [1.807, 2.05) is 109 Å². The summed E-state index contributed by atoms with van der Waals surface area (Å²) in [4.78, 5) is 17.6. The SMILES string of the molecule is Oc1cccc2cccnc12.[U].c1cnc2c([O][Al]([O]c3cccc4cccnc34)[O]c3cccc4cccnc34)cccc2c1. The third kappa shape index (κ3) is 6.92. The number of phenols is 1. The van der Waals surface area contributed by atoms with Gasteiger partial charge in [0, 0.05) is 77.4 Å². The van der Waals surface area contributed by atoms with Crippen molar-refractivity contribution >= 4 is 58.8 Å². The zero-order valence-corrected chi connectivity index (χ0v) is 29.7. The standard InChI is InChI=1S/4C9H7NO.Al.U/c4*11-8-5-1-3-7-4-2-6-10-9(7)8;;/h4*1-6,11H;;/q;;;;+3;/p-3. The van der Waals surface area contributed by atoms with Crippen LogP contribution in [0.1, 0.15) is 0 Å². The van der Waals surface area contributed by atoms with E-state index in [0.717, 1.165) is 38.1 Å². The molecule has 0 fully saturated rings. The van der Waals surface area contributed by atoms with Gasteiger partial charge in [-0.25, -0.2) is 0 Å². The number of aromatic hydroxyl groups is 1. The Morgan fingerprint density at radius 1 is 0.391 bits per heavy atom. The smallest absolute Gasteiger partial charge is 0.576 e. The van der Waals surface area contributed by atoms with Gasteiger partial charge in [0.05, 0.1) is 0 Å². The maximum Gasteiger partial charge on any atom is 1.20 e. The summed E-state index contributed by atoms with van der Waals surface area (Å²) in [5.41, 5.74) is 2.92. The molecule has 0 spiro atoms. The number of nitrogens with zero attached hydrogens (tertiary/aromatic N) is 4. The number of para-hydroxylation sites is 4. The van der Waals surface area contributed by atoms with E-state index in [1.165, 1.54) is 0 Å². The molecule has 8 aromatic rings. The summed E-state index contributed by atoms with van der Waals surface area (Å²) in [6, 6.07) is 38.2. The molecule has 4 aromatic heterocycles. The second-order valence-electron chi connectivity index (χ2n) is 9.99. The quantitative estimate of drug-likeness (QED) is 0.170. The molecule has 4 heterocycles. The molecular weight excluding hydrogens is 817 g/mol. The number of pyridine rings is 4. The first-order valence-corrected chi connectivity index (χ1v) is 15.7. The van der Waals surface area contributed by atoms with Crippen LogP contribution < -0.4 is 11.4 Å². The molecule has 0 atom stereocenters. The molecule has 4 aromatic carbocycles. The summed E-state index contributed by atoms with van der Waals surface area (Å²) in [5, 5.41) is 13.2. The number of rotatable bonds is 6. The van der Waals surface area contributed by atoms with Crippen LogP contribution in [0.3, 0.4) is 0 Å². The molecule has 0 saturated carbocycles. The minimum absolute atomic E-state index is 0. The van der Waals surface area contributed by atoms with Gasteiger partial charge in [-0.15, -0.1) is 0 Å². The topological polar surface area (TPSA) is 99.5 Å². The minimum atomic E-state index is -2.86. The Labute approximate surface area is 293 Å². The van der Waals surface area contributed by atoms with Gasteiger partial charge in [-0.3, -0.25) is 19.9 Å². The molecule has 0 unspecified atom stereocenters. The van der Waals surface area contributed by atoms with E-state index in [-0.39, 0.29) is 36.9 Å². The molecular formula is C36H25AlN4O4U. The summed E-state index contributed by atoms with van der Waals surface area (Å²) in [7, 11) is 0. The number of benzene rings is 4. The third-order valence-electron chi connectivity index (χ3n) is 7.07. The van der Waals surface area contributed by atoms with E-state index in [9.17, 15) is 5.11 Å². The third-order valence-corrected chi connectivity index (χ3v) is 8.41. The van der Waals surface area contributed by atoms with Crippen LogP contribution in [0, 0.1) is 31.1 Å². The first-order valence-electron chi connectivity index (χ1n) is 14.3. The molecule has 0 aliphatic heterocycles. The van der Waals surface area contributed by atoms with Crippen molar-refractivity contribution in [1.82, 2.24) is 19.9 Å². The zero-order valence-electron chi connectivity index (χ0n) is 24.4. The van der Waals surface area contributed by atoms with Crippen molar-refractivity contribution in [3.63, 3.8) is 0 Å².